The molecule has 0 bridgehead atoms. The molecule has 0 radical (unpaired) electrons. The summed E-state index contributed by atoms with van der Waals surface area (Å²) in [6.07, 6.45) is 6.80. The van der Waals surface area contributed by atoms with E-state index in [0.717, 1.165) is 19.6 Å². The Balaban J connectivity index is 1.93. The average Bonchev–Trinajstić information content (AvgIpc) is 2.71. The largest absolute Gasteiger partial charge is 0.377 e. The summed E-state index contributed by atoms with van der Waals surface area (Å²) in [5.41, 5.74) is 0.427. The molecule has 1 aliphatic heterocycles. The van der Waals surface area contributed by atoms with Crippen molar-refractivity contribution in [2.75, 3.05) is 26.7 Å². The third kappa shape index (κ3) is 3.50. The van der Waals surface area contributed by atoms with Crippen molar-refractivity contribution in [3.8, 4) is 0 Å². The number of nitrogens with zero attached hydrogens (tertiary/aromatic N) is 1. The first-order valence-corrected chi connectivity index (χ1v) is 8.11. The molecule has 1 saturated carbocycles. The second kappa shape index (κ2) is 6.55. The lowest BCUT2D eigenvalue weighted by atomic mass is 9.86. The molecule has 0 aromatic rings. The Morgan fingerprint density at radius 1 is 1.32 bits per heavy atom. The normalized spacial score (nSPS) is 35.7. The first-order chi connectivity index (χ1) is 9.08. The zero-order chi connectivity index (χ0) is 13.9. The first-order valence-electron chi connectivity index (χ1n) is 8.11. The Labute approximate surface area is 119 Å². The van der Waals surface area contributed by atoms with E-state index in [4.69, 9.17) is 4.74 Å². The molecule has 2 rings (SSSR count). The Morgan fingerprint density at radius 3 is 2.79 bits per heavy atom. The van der Waals surface area contributed by atoms with Crippen LogP contribution in [0.25, 0.3) is 0 Å². The minimum Gasteiger partial charge on any atom is -0.377 e. The average molecular weight is 268 g/mol. The molecular formula is C16H32N2O. The molecule has 1 N–H and O–H groups in total. The zero-order valence-corrected chi connectivity index (χ0v) is 13.2. The molecule has 0 spiro atoms. The number of ether oxygens (including phenoxy) is 1. The van der Waals surface area contributed by atoms with E-state index in [0.29, 0.717) is 23.6 Å². The van der Waals surface area contributed by atoms with Crippen LogP contribution in [0.3, 0.4) is 0 Å². The van der Waals surface area contributed by atoms with Gasteiger partial charge in [-0.2, -0.15) is 0 Å². The molecule has 3 unspecified atom stereocenters. The highest BCUT2D eigenvalue weighted by atomic mass is 16.5. The summed E-state index contributed by atoms with van der Waals surface area (Å²) in [6, 6.07) is 1.32. The van der Waals surface area contributed by atoms with Crippen molar-refractivity contribution >= 4 is 0 Å². The number of hydrogen-bond acceptors (Lipinski definition) is 3. The van der Waals surface area contributed by atoms with Gasteiger partial charge >= 0.3 is 0 Å². The van der Waals surface area contributed by atoms with Crippen LogP contribution in [0, 0.1) is 5.41 Å². The molecular weight excluding hydrogens is 236 g/mol. The molecule has 2 aliphatic rings. The Kier molecular flexibility index (Phi) is 5.27. The highest BCUT2D eigenvalue weighted by Crippen LogP contribution is 2.40. The van der Waals surface area contributed by atoms with E-state index in [-0.39, 0.29) is 0 Å². The third-order valence-electron chi connectivity index (χ3n) is 5.06. The molecule has 1 heterocycles. The first kappa shape index (κ1) is 15.3. The molecule has 3 atom stereocenters. The third-order valence-corrected chi connectivity index (χ3v) is 5.06. The van der Waals surface area contributed by atoms with Gasteiger partial charge in [0.25, 0.3) is 0 Å². The lowest BCUT2D eigenvalue weighted by Crippen LogP contribution is -2.54. The fourth-order valence-corrected chi connectivity index (χ4v) is 4.03. The minimum absolute atomic E-state index is 0.427. The molecule has 1 saturated heterocycles. The SMILES string of the molecule is CCCOC1CCCN(C2CCC(C)(C)C2NC)C1. The smallest absolute Gasteiger partial charge is 0.0702 e. The number of likely N-dealkylation sites (N-methyl/N-ethyl adjacent to an activating group) is 1. The molecule has 0 aromatic heterocycles. The number of hydrogen-bond donors (Lipinski definition) is 1. The van der Waals surface area contributed by atoms with Gasteiger partial charge in [-0.05, 0) is 51.1 Å². The van der Waals surface area contributed by atoms with Gasteiger partial charge in [0.2, 0.25) is 0 Å². The summed E-state index contributed by atoms with van der Waals surface area (Å²) in [5.74, 6) is 0. The molecule has 3 nitrogen and oxygen atoms in total. The maximum absolute atomic E-state index is 5.98. The van der Waals surface area contributed by atoms with Gasteiger partial charge in [-0.1, -0.05) is 20.8 Å². The van der Waals surface area contributed by atoms with Crippen LogP contribution in [0.15, 0.2) is 0 Å². The van der Waals surface area contributed by atoms with Gasteiger partial charge in [-0.3, -0.25) is 4.90 Å². The molecule has 0 aromatic carbocycles. The van der Waals surface area contributed by atoms with Gasteiger partial charge in [0, 0.05) is 25.2 Å². The maximum Gasteiger partial charge on any atom is 0.0702 e. The van der Waals surface area contributed by atoms with Crippen molar-refractivity contribution in [1.82, 2.24) is 10.2 Å². The molecule has 3 heteroatoms. The molecule has 112 valence electrons. The van der Waals surface area contributed by atoms with E-state index in [1.54, 1.807) is 0 Å². The van der Waals surface area contributed by atoms with Gasteiger partial charge in [0.05, 0.1) is 6.10 Å². The monoisotopic (exact) mass is 268 g/mol. The predicted octanol–water partition coefficient (Wildman–Crippen LogP) is 2.65. The summed E-state index contributed by atoms with van der Waals surface area (Å²) in [5, 5.41) is 3.58. The van der Waals surface area contributed by atoms with Gasteiger partial charge in [0.15, 0.2) is 0 Å². The van der Waals surface area contributed by atoms with Crippen molar-refractivity contribution in [3.05, 3.63) is 0 Å². The van der Waals surface area contributed by atoms with Crippen LogP contribution in [-0.4, -0.2) is 49.8 Å². The van der Waals surface area contributed by atoms with Crippen molar-refractivity contribution in [2.24, 2.45) is 5.41 Å². The summed E-state index contributed by atoms with van der Waals surface area (Å²) >= 11 is 0. The van der Waals surface area contributed by atoms with Crippen LogP contribution in [-0.2, 0) is 4.74 Å². The summed E-state index contributed by atoms with van der Waals surface area (Å²) in [7, 11) is 2.12. The van der Waals surface area contributed by atoms with Crippen LogP contribution in [0.5, 0.6) is 0 Å². The summed E-state index contributed by atoms with van der Waals surface area (Å²) in [4.78, 5) is 2.69. The van der Waals surface area contributed by atoms with Crippen molar-refractivity contribution in [2.45, 2.75) is 71.1 Å². The van der Waals surface area contributed by atoms with E-state index in [1.807, 2.05) is 0 Å². The molecule has 0 amide bonds. The van der Waals surface area contributed by atoms with Crippen LogP contribution < -0.4 is 5.32 Å². The standard InChI is InChI=1S/C16H32N2O/c1-5-11-19-13-7-6-10-18(12-13)14-8-9-16(2,3)15(14)17-4/h13-15,17H,5-12H2,1-4H3. The van der Waals surface area contributed by atoms with E-state index >= 15 is 0 Å². The van der Waals surface area contributed by atoms with Gasteiger partial charge in [-0.25, -0.2) is 0 Å². The van der Waals surface area contributed by atoms with Crippen molar-refractivity contribution < 1.29 is 4.74 Å². The van der Waals surface area contributed by atoms with Crippen LogP contribution in [0.4, 0.5) is 0 Å². The van der Waals surface area contributed by atoms with Crippen LogP contribution >= 0.6 is 0 Å². The second-order valence-electron chi connectivity index (χ2n) is 6.99. The van der Waals surface area contributed by atoms with E-state index < -0.39 is 0 Å². The highest BCUT2D eigenvalue weighted by Gasteiger charge is 2.44. The lowest BCUT2D eigenvalue weighted by Gasteiger charge is -2.41. The van der Waals surface area contributed by atoms with Gasteiger partial charge in [-0.15, -0.1) is 0 Å². The van der Waals surface area contributed by atoms with E-state index in [9.17, 15) is 0 Å². The van der Waals surface area contributed by atoms with Crippen LogP contribution in [0.2, 0.25) is 0 Å². The zero-order valence-electron chi connectivity index (χ0n) is 13.2. The van der Waals surface area contributed by atoms with Crippen molar-refractivity contribution in [1.29, 1.82) is 0 Å². The Morgan fingerprint density at radius 2 is 2.11 bits per heavy atom. The molecule has 2 fully saturated rings. The Hall–Kier alpha value is -0.120. The van der Waals surface area contributed by atoms with Crippen molar-refractivity contribution in [3.63, 3.8) is 0 Å². The van der Waals surface area contributed by atoms with Crippen LogP contribution in [0.1, 0.15) is 52.9 Å². The van der Waals surface area contributed by atoms with E-state index in [2.05, 4.69) is 38.0 Å². The van der Waals surface area contributed by atoms with Gasteiger partial charge < -0.3 is 10.1 Å². The summed E-state index contributed by atoms with van der Waals surface area (Å²) < 4.78 is 5.98. The van der Waals surface area contributed by atoms with Gasteiger partial charge in [0.1, 0.15) is 0 Å². The second-order valence-corrected chi connectivity index (χ2v) is 6.99. The molecule has 19 heavy (non-hydrogen) atoms. The number of rotatable bonds is 5. The quantitative estimate of drug-likeness (QED) is 0.829. The number of likely N-dealkylation sites (tertiary alicyclic amines) is 1. The minimum atomic E-state index is 0.427. The number of piperidine rings is 1. The highest BCUT2D eigenvalue weighted by molar-refractivity contribution is 5.01. The van der Waals surface area contributed by atoms with E-state index in [1.165, 1.54) is 32.2 Å². The molecule has 1 aliphatic carbocycles. The fraction of sp³-hybridized carbons (Fsp3) is 1.00. The lowest BCUT2D eigenvalue weighted by molar-refractivity contribution is -0.0168. The Bertz CT molecular complexity index is 280. The fourth-order valence-electron chi connectivity index (χ4n) is 4.03. The topological polar surface area (TPSA) is 24.5 Å². The predicted molar refractivity (Wildman–Crippen MR) is 80.5 cm³/mol. The number of nitrogens with one attached hydrogen (secondary N) is 1. The maximum atomic E-state index is 5.98. The summed E-state index contributed by atoms with van der Waals surface area (Å²) in [6.45, 7) is 10.3.